The van der Waals surface area contributed by atoms with Gasteiger partial charge in [-0.15, -0.1) is 0 Å². The van der Waals surface area contributed by atoms with Crippen molar-refractivity contribution in [1.29, 1.82) is 0 Å². The first-order valence-corrected chi connectivity index (χ1v) is 8.38. The third-order valence-corrected chi connectivity index (χ3v) is 4.60. The fourth-order valence-electron chi connectivity index (χ4n) is 3.30. The third-order valence-electron chi connectivity index (χ3n) is 4.60. The lowest BCUT2D eigenvalue weighted by Crippen LogP contribution is -2.33. The zero-order valence-corrected chi connectivity index (χ0v) is 14.1. The molecular formula is C19H21N3O3. The fraction of sp³-hybridized carbons (Fsp3) is 0.316. The first kappa shape index (κ1) is 17.1. The molecule has 2 aromatic rings. The van der Waals surface area contributed by atoms with E-state index in [4.69, 9.17) is 0 Å². The molecule has 1 aliphatic rings. The van der Waals surface area contributed by atoms with Crippen LogP contribution in [0.1, 0.15) is 30.0 Å². The summed E-state index contributed by atoms with van der Waals surface area (Å²) in [6, 6.07) is 14.9. The summed E-state index contributed by atoms with van der Waals surface area (Å²) in [6.07, 6.45) is 2.09. The van der Waals surface area contributed by atoms with Gasteiger partial charge < -0.3 is 5.32 Å². The molecule has 1 heterocycles. The average Bonchev–Trinajstić information content (AvgIpc) is 3.05. The number of rotatable bonds is 5. The van der Waals surface area contributed by atoms with E-state index in [-0.39, 0.29) is 24.2 Å². The molecule has 0 radical (unpaired) electrons. The minimum absolute atomic E-state index is 0.0239. The van der Waals surface area contributed by atoms with E-state index in [2.05, 4.69) is 22.3 Å². The maximum Gasteiger partial charge on any atom is 0.271 e. The molecule has 2 aromatic carbocycles. The summed E-state index contributed by atoms with van der Waals surface area (Å²) >= 11 is 0. The Kier molecular flexibility index (Phi) is 5.09. The SMILES string of the molecule is Cc1ccc([N+](=O)[O-])cc1NC(=O)CN1CCCC1c1ccccc1. The number of nitrogens with zero attached hydrogens (tertiary/aromatic N) is 2. The van der Waals surface area contributed by atoms with Gasteiger partial charge in [-0.05, 0) is 37.4 Å². The Labute approximate surface area is 146 Å². The Morgan fingerprint density at radius 1 is 1.28 bits per heavy atom. The van der Waals surface area contributed by atoms with Crippen LogP contribution in [0.2, 0.25) is 0 Å². The summed E-state index contributed by atoms with van der Waals surface area (Å²) in [5, 5.41) is 13.7. The van der Waals surface area contributed by atoms with Gasteiger partial charge in [0.05, 0.1) is 17.2 Å². The molecule has 0 saturated carbocycles. The fourth-order valence-corrected chi connectivity index (χ4v) is 3.30. The van der Waals surface area contributed by atoms with E-state index in [0.29, 0.717) is 5.69 Å². The van der Waals surface area contributed by atoms with E-state index in [1.165, 1.54) is 17.7 Å². The first-order valence-electron chi connectivity index (χ1n) is 8.38. The largest absolute Gasteiger partial charge is 0.324 e. The second-order valence-electron chi connectivity index (χ2n) is 6.34. The molecule has 6 nitrogen and oxygen atoms in total. The van der Waals surface area contributed by atoms with Crippen LogP contribution in [0.25, 0.3) is 0 Å². The van der Waals surface area contributed by atoms with Crippen LogP contribution in [0.5, 0.6) is 0 Å². The van der Waals surface area contributed by atoms with Gasteiger partial charge in [0.15, 0.2) is 0 Å². The van der Waals surface area contributed by atoms with Gasteiger partial charge >= 0.3 is 0 Å². The number of carbonyl (C=O) groups is 1. The highest BCUT2D eigenvalue weighted by Gasteiger charge is 2.27. The highest BCUT2D eigenvalue weighted by molar-refractivity contribution is 5.93. The van der Waals surface area contributed by atoms with Gasteiger partial charge in [-0.2, -0.15) is 0 Å². The number of hydrogen-bond donors (Lipinski definition) is 1. The van der Waals surface area contributed by atoms with E-state index >= 15 is 0 Å². The van der Waals surface area contributed by atoms with Crippen molar-refractivity contribution in [1.82, 2.24) is 4.90 Å². The predicted octanol–water partition coefficient (Wildman–Crippen LogP) is 3.68. The normalized spacial score (nSPS) is 17.4. The molecule has 0 spiro atoms. The second kappa shape index (κ2) is 7.44. The summed E-state index contributed by atoms with van der Waals surface area (Å²) in [4.78, 5) is 25.1. The van der Waals surface area contributed by atoms with Gasteiger partial charge in [0.2, 0.25) is 5.91 Å². The molecule has 3 rings (SSSR count). The van der Waals surface area contributed by atoms with E-state index in [1.54, 1.807) is 6.07 Å². The summed E-state index contributed by atoms with van der Waals surface area (Å²) in [7, 11) is 0. The Bertz CT molecular complexity index is 777. The van der Waals surface area contributed by atoms with Gasteiger partial charge in [0.25, 0.3) is 5.69 Å². The molecule has 1 unspecified atom stereocenters. The van der Waals surface area contributed by atoms with Crippen molar-refractivity contribution in [2.24, 2.45) is 0 Å². The highest BCUT2D eigenvalue weighted by Crippen LogP contribution is 2.31. The zero-order chi connectivity index (χ0) is 17.8. The van der Waals surface area contributed by atoms with Gasteiger partial charge in [0.1, 0.15) is 0 Å². The van der Waals surface area contributed by atoms with Crippen molar-refractivity contribution in [2.45, 2.75) is 25.8 Å². The molecule has 1 atom stereocenters. The van der Waals surface area contributed by atoms with Crippen LogP contribution in [-0.2, 0) is 4.79 Å². The number of aryl methyl sites for hydroxylation is 1. The minimum Gasteiger partial charge on any atom is -0.324 e. The van der Waals surface area contributed by atoms with E-state index in [9.17, 15) is 14.9 Å². The van der Waals surface area contributed by atoms with E-state index < -0.39 is 4.92 Å². The number of carbonyl (C=O) groups excluding carboxylic acids is 1. The average molecular weight is 339 g/mol. The molecule has 1 saturated heterocycles. The summed E-state index contributed by atoms with van der Waals surface area (Å²) < 4.78 is 0. The van der Waals surface area contributed by atoms with Crippen molar-refractivity contribution in [3.05, 3.63) is 69.8 Å². The van der Waals surface area contributed by atoms with Crippen molar-refractivity contribution < 1.29 is 9.72 Å². The van der Waals surface area contributed by atoms with E-state index in [0.717, 1.165) is 24.9 Å². The topological polar surface area (TPSA) is 75.5 Å². The standard InChI is InChI=1S/C19H21N3O3/c1-14-9-10-16(22(24)25)12-17(14)20-19(23)13-21-11-5-8-18(21)15-6-3-2-4-7-15/h2-4,6-7,9-10,12,18H,5,8,11,13H2,1H3,(H,20,23). The number of amides is 1. The number of nitro groups is 1. The number of non-ortho nitro benzene ring substituents is 1. The van der Waals surface area contributed by atoms with Crippen molar-refractivity contribution in [3.63, 3.8) is 0 Å². The Hall–Kier alpha value is -2.73. The molecule has 0 aliphatic carbocycles. The number of nitro benzene ring substituents is 1. The molecule has 130 valence electrons. The van der Waals surface area contributed by atoms with Gasteiger partial charge in [-0.3, -0.25) is 19.8 Å². The highest BCUT2D eigenvalue weighted by atomic mass is 16.6. The van der Waals surface area contributed by atoms with Crippen molar-refractivity contribution in [3.8, 4) is 0 Å². The number of hydrogen-bond acceptors (Lipinski definition) is 4. The smallest absolute Gasteiger partial charge is 0.271 e. The zero-order valence-electron chi connectivity index (χ0n) is 14.1. The first-order chi connectivity index (χ1) is 12.0. The predicted molar refractivity (Wildman–Crippen MR) is 96.5 cm³/mol. The number of benzene rings is 2. The van der Waals surface area contributed by atoms with Crippen molar-refractivity contribution in [2.75, 3.05) is 18.4 Å². The van der Waals surface area contributed by atoms with Gasteiger partial charge in [-0.1, -0.05) is 36.4 Å². The lowest BCUT2D eigenvalue weighted by atomic mass is 10.0. The molecule has 1 amide bonds. The van der Waals surface area contributed by atoms with Crippen LogP contribution in [0.4, 0.5) is 11.4 Å². The molecule has 1 aliphatic heterocycles. The molecule has 25 heavy (non-hydrogen) atoms. The number of nitrogens with one attached hydrogen (secondary N) is 1. The van der Waals surface area contributed by atoms with Crippen LogP contribution in [-0.4, -0.2) is 28.8 Å². The molecule has 6 heteroatoms. The third kappa shape index (κ3) is 4.03. The maximum absolute atomic E-state index is 12.5. The molecule has 1 fully saturated rings. The van der Waals surface area contributed by atoms with Gasteiger partial charge in [0, 0.05) is 18.2 Å². The number of anilines is 1. The van der Waals surface area contributed by atoms with Crippen LogP contribution in [0.3, 0.4) is 0 Å². The van der Waals surface area contributed by atoms with Crippen LogP contribution in [0.15, 0.2) is 48.5 Å². The number of likely N-dealkylation sites (tertiary alicyclic amines) is 1. The minimum atomic E-state index is -0.457. The van der Waals surface area contributed by atoms with E-state index in [1.807, 2.05) is 25.1 Å². The summed E-state index contributed by atoms with van der Waals surface area (Å²) in [5.41, 5.74) is 2.50. The maximum atomic E-state index is 12.5. The van der Waals surface area contributed by atoms with Crippen LogP contribution < -0.4 is 5.32 Å². The Balaban J connectivity index is 1.68. The Morgan fingerprint density at radius 3 is 2.76 bits per heavy atom. The van der Waals surface area contributed by atoms with Gasteiger partial charge in [-0.25, -0.2) is 0 Å². The van der Waals surface area contributed by atoms with Crippen LogP contribution >= 0.6 is 0 Å². The van der Waals surface area contributed by atoms with Crippen molar-refractivity contribution >= 4 is 17.3 Å². The second-order valence-corrected chi connectivity index (χ2v) is 6.34. The quantitative estimate of drug-likeness (QED) is 0.666. The summed E-state index contributed by atoms with van der Waals surface area (Å²) in [5.74, 6) is -0.147. The molecule has 0 aromatic heterocycles. The molecule has 1 N–H and O–H groups in total. The Morgan fingerprint density at radius 2 is 2.04 bits per heavy atom. The molecular weight excluding hydrogens is 318 g/mol. The lowest BCUT2D eigenvalue weighted by molar-refractivity contribution is -0.384. The summed E-state index contributed by atoms with van der Waals surface area (Å²) in [6.45, 7) is 2.98. The monoisotopic (exact) mass is 339 g/mol. The lowest BCUT2D eigenvalue weighted by Gasteiger charge is -2.24. The molecule has 0 bridgehead atoms. The van der Waals surface area contributed by atoms with Crippen LogP contribution in [0, 0.1) is 17.0 Å².